The van der Waals surface area contributed by atoms with Crippen LogP contribution in [0.4, 0.5) is 0 Å². The highest BCUT2D eigenvalue weighted by molar-refractivity contribution is 5.95. The standard InChI is InChI=1S/C25H34O5/c1-14(2)9-15-11-25(8-7-16-10-19(25)24(16,3)4)30-23-18(13-27)21(28-5)17(12-26)22(29-6)20(15)23/h12-16,19H,7-11H2,1-6H3/t15-,16+,19-,25-/m1/s1. The summed E-state index contributed by atoms with van der Waals surface area (Å²) in [6.07, 6.45) is 6.71. The number of benzene rings is 1. The Hall–Kier alpha value is -2.04. The van der Waals surface area contributed by atoms with E-state index >= 15 is 0 Å². The molecule has 1 aromatic rings. The van der Waals surface area contributed by atoms with Crippen molar-refractivity contribution in [1.29, 1.82) is 0 Å². The predicted octanol–water partition coefficient (Wildman–Crippen LogP) is 5.44. The predicted molar refractivity (Wildman–Crippen MR) is 115 cm³/mol. The van der Waals surface area contributed by atoms with Crippen molar-refractivity contribution in [3.8, 4) is 17.2 Å². The summed E-state index contributed by atoms with van der Waals surface area (Å²) in [5.74, 6) is 3.17. The van der Waals surface area contributed by atoms with Gasteiger partial charge in [-0.3, -0.25) is 9.59 Å². The van der Waals surface area contributed by atoms with E-state index in [1.165, 1.54) is 13.5 Å². The molecule has 30 heavy (non-hydrogen) atoms. The van der Waals surface area contributed by atoms with Crippen molar-refractivity contribution in [3.05, 3.63) is 16.7 Å². The quantitative estimate of drug-likeness (QED) is 0.580. The molecule has 5 heteroatoms. The van der Waals surface area contributed by atoms with Gasteiger partial charge in [0.1, 0.15) is 22.8 Å². The number of hydrogen-bond donors (Lipinski definition) is 0. The van der Waals surface area contributed by atoms with Crippen molar-refractivity contribution in [2.45, 2.75) is 71.3 Å². The van der Waals surface area contributed by atoms with Crippen molar-refractivity contribution in [1.82, 2.24) is 0 Å². The Balaban J connectivity index is 1.95. The van der Waals surface area contributed by atoms with Crippen molar-refractivity contribution < 1.29 is 23.8 Å². The smallest absolute Gasteiger partial charge is 0.157 e. The second-order valence-corrected chi connectivity index (χ2v) is 10.4. The highest BCUT2D eigenvalue weighted by Gasteiger charge is 2.64. The SMILES string of the molecule is COc1c(C=O)c(OC)c2c(c1C=O)O[C@]1(CC[C@H]3C[C@@H]1C3(C)C)C[C@H]2CC(C)C. The van der Waals surface area contributed by atoms with E-state index < -0.39 is 0 Å². The average Bonchev–Trinajstić information content (AvgIpc) is 2.70. The average molecular weight is 415 g/mol. The highest BCUT2D eigenvalue weighted by atomic mass is 16.5. The fourth-order valence-electron chi connectivity index (χ4n) is 6.77. The second kappa shape index (κ2) is 7.28. The molecule has 3 aliphatic carbocycles. The molecular weight excluding hydrogens is 380 g/mol. The summed E-state index contributed by atoms with van der Waals surface area (Å²) in [6, 6.07) is 0. The maximum absolute atomic E-state index is 12.2. The molecule has 1 heterocycles. The fourth-order valence-corrected chi connectivity index (χ4v) is 6.77. The van der Waals surface area contributed by atoms with Crippen LogP contribution >= 0.6 is 0 Å². The summed E-state index contributed by atoms with van der Waals surface area (Å²) in [4.78, 5) is 24.2. The Morgan fingerprint density at radius 1 is 1.10 bits per heavy atom. The van der Waals surface area contributed by atoms with Crippen LogP contribution in [0.2, 0.25) is 0 Å². The van der Waals surface area contributed by atoms with E-state index in [4.69, 9.17) is 14.2 Å². The van der Waals surface area contributed by atoms with E-state index in [1.807, 2.05) is 0 Å². The van der Waals surface area contributed by atoms with E-state index in [1.54, 1.807) is 7.11 Å². The van der Waals surface area contributed by atoms with Crippen LogP contribution in [0.1, 0.15) is 92.0 Å². The summed E-state index contributed by atoms with van der Waals surface area (Å²) in [7, 11) is 3.05. The first kappa shape index (κ1) is 21.2. The molecule has 4 aliphatic rings. The molecular formula is C25H34O5. The van der Waals surface area contributed by atoms with Crippen molar-refractivity contribution >= 4 is 12.6 Å². The molecule has 1 aliphatic heterocycles. The fraction of sp³-hybridized carbons (Fsp3) is 0.680. The molecule has 3 saturated carbocycles. The molecule has 3 fully saturated rings. The van der Waals surface area contributed by atoms with Gasteiger partial charge in [0.2, 0.25) is 0 Å². The Morgan fingerprint density at radius 3 is 2.27 bits per heavy atom. The van der Waals surface area contributed by atoms with Crippen LogP contribution in [0.25, 0.3) is 0 Å². The Kier molecular flexibility index (Phi) is 5.14. The second-order valence-electron chi connectivity index (χ2n) is 10.4. The molecule has 2 bridgehead atoms. The lowest BCUT2D eigenvalue weighted by Crippen LogP contribution is -2.65. The minimum atomic E-state index is -0.277. The first-order valence-corrected chi connectivity index (χ1v) is 11.1. The number of fused-ring (bicyclic) bond motifs is 2. The summed E-state index contributed by atoms with van der Waals surface area (Å²) in [6.45, 7) is 9.15. The third-order valence-electron chi connectivity index (χ3n) is 8.19. The molecule has 0 N–H and O–H groups in total. The lowest BCUT2D eigenvalue weighted by atomic mass is 9.42. The van der Waals surface area contributed by atoms with E-state index in [-0.39, 0.29) is 22.7 Å². The third kappa shape index (κ3) is 2.80. The van der Waals surface area contributed by atoms with Crippen molar-refractivity contribution in [3.63, 3.8) is 0 Å². The minimum absolute atomic E-state index is 0.167. The largest absolute Gasteiger partial charge is 0.495 e. The summed E-state index contributed by atoms with van der Waals surface area (Å²) < 4.78 is 18.1. The first-order valence-electron chi connectivity index (χ1n) is 11.1. The van der Waals surface area contributed by atoms with Crippen LogP contribution in [-0.2, 0) is 0 Å². The first-order chi connectivity index (χ1) is 14.2. The number of ether oxygens (including phenoxy) is 3. The number of rotatable bonds is 6. The lowest BCUT2D eigenvalue weighted by Gasteiger charge is -2.66. The van der Waals surface area contributed by atoms with E-state index in [2.05, 4.69) is 27.7 Å². The zero-order chi connectivity index (χ0) is 21.8. The number of methoxy groups -OCH3 is 2. The Labute approximate surface area is 179 Å². The van der Waals surface area contributed by atoms with E-state index in [0.717, 1.165) is 49.7 Å². The van der Waals surface area contributed by atoms with Gasteiger partial charge in [-0.05, 0) is 55.3 Å². The van der Waals surface area contributed by atoms with E-state index in [9.17, 15) is 9.59 Å². The molecule has 164 valence electrons. The molecule has 1 aromatic carbocycles. The van der Waals surface area contributed by atoms with Gasteiger partial charge in [0, 0.05) is 11.5 Å². The zero-order valence-corrected chi connectivity index (χ0v) is 19.0. The summed E-state index contributed by atoms with van der Waals surface area (Å²) in [5.41, 5.74) is 1.46. The molecule has 0 unspecified atom stereocenters. The number of hydrogen-bond acceptors (Lipinski definition) is 5. The Morgan fingerprint density at radius 2 is 1.77 bits per heavy atom. The molecule has 4 atom stereocenters. The summed E-state index contributed by atoms with van der Waals surface area (Å²) >= 11 is 0. The van der Waals surface area contributed by atoms with Gasteiger partial charge in [-0.15, -0.1) is 0 Å². The van der Waals surface area contributed by atoms with Crippen LogP contribution in [0.3, 0.4) is 0 Å². The molecule has 0 amide bonds. The van der Waals surface area contributed by atoms with Gasteiger partial charge in [0.05, 0.1) is 25.3 Å². The molecule has 5 rings (SSSR count). The van der Waals surface area contributed by atoms with Crippen LogP contribution in [0, 0.1) is 23.2 Å². The van der Waals surface area contributed by atoms with Gasteiger partial charge >= 0.3 is 0 Å². The minimum Gasteiger partial charge on any atom is -0.495 e. The molecule has 5 nitrogen and oxygen atoms in total. The van der Waals surface area contributed by atoms with Gasteiger partial charge in [-0.25, -0.2) is 0 Å². The number of carbonyl (C=O) groups excluding carboxylic acids is 2. The molecule has 0 radical (unpaired) electrons. The Bertz CT molecular complexity index is 869. The highest BCUT2D eigenvalue weighted by Crippen LogP contribution is 2.68. The maximum atomic E-state index is 12.2. The van der Waals surface area contributed by atoms with Crippen LogP contribution < -0.4 is 14.2 Å². The topological polar surface area (TPSA) is 61.8 Å². The summed E-state index contributed by atoms with van der Waals surface area (Å²) in [5, 5.41) is 0. The normalized spacial score (nSPS) is 30.8. The van der Waals surface area contributed by atoms with Gasteiger partial charge in [-0.2, -0.15) is 0 Å². The third-order valence-corrected chi connectivity index (χ3v) is 8.19. The molecule has 0 aromatic heterocycles. The van der Waals surface area contributed by atoms with Crippen LogP contribution in [-0.4, -0.2) is 32.4 Å². The molecule has 1 spiro atoms. The monoisotopic (exact) mass is 414 g/mol. The van der Waals surface area contributed by atoms with Crippen molar-refractivity contribution in [2.75, 3.05) is 14.2 Å². The zero-order valence-electron chi connectivity index (χ0n) is 19.0. The maximum Gasteiger partial charge on any atom is 0.157 e. The van der Waals surface area contributed by atoms with Crippen LogP contribution in [0.5, 0.6) is 17.2 Å². The van der Waals surface area contributed by atoms with Gasteiger partial charge < -0.3 is 14.2 Å². The number of aldehydes is 2. The van der Waals surface area contributed by atoms with Crippen LogP contribution in [0.15, 0.2) is 0 Å². The lowest BCUT2D eigenvalue weighted by molar-refractivity contribution is -0.199. The van der Waals surface area contributed by atoms with Gasteiger partial charge in [-0.1, -0.05) is 27.7 Å². The van der Waals surface area contributed by atoms with E-state index in [0.29, 0.717) is 34.5 Å². The molecule has 0 saturated heterocycles. The number of carbonyl (C=O) groups is 2. The van der Waals surface area contributed by atoms with Gasteiger partial charge in [0.25, 0.3) is 0 Å². The van der Waals surface area contributed by atoms with Gasteiger partial charge in [0.15, 0.2) is 12.6 Å². The van der Waals surface area contributed by atoms with Crippen molar-refractivity contribution in [2.24, 2.45) is 23.2 Å².